The second-order valence-corrected chi connectivity index (χ2v) is 2.14. The molecule has 8 heteroatoms. The SMILES string of the molecule is Nc1nc(N)nc(NCCOO)n1. The van der Waals surface area contributed by atoms with Crippen molar-refractivity contribution in [3.8, 4) is 0 Å². The van der Waals surface area contributed by atoms with Crippen LogP contribution in [-0.4, -0.2) is 33.4 Å². The predicted molar refractivity (Wildman–Crippen MR) is 45.7 cm³/mol. The lowest BCUT2D eigenvalue weighted by atomic mass is 10.7. The number of rotatable bonds is 4. The lowest BCUT2D eigenvalue weighted by Crippen LogP contribution is -2.13. The van der Waals surface area contributed by atoms with E-state index in [0.29, 0.717) is 6.54 Å². The monoisotopic (exact) mass is 186 g/mol. The molecule has 0 atom stereocenters. The smallest absolute Gasteiger partial charge is 0.229 e. The largest absolute Gasteiger partial charge is 0.368 e. The third-order valence-corrected chi connectivity index (χ3v) is 1.15. The molecule has 1 aromatic rings. The highest BCUT2D eigenvalue weighted by Gasteiger charge is 1.99. The highest BCUT2D eigenvalue weighted by Crippen LogP contribution is 2.02. The van der Waals surface area contributed by atoms with E-state index in [9.17, 15) is 0 Å². The molecule has 0 aromatic carbocycles. The van der Waals surface area contributed by atoms with Gasteiger partial charge in [-0.05, 0) is 0 Å². The molecule has 6 N–H and O–H groups in total. The van der Waals surface area contributed by atoms with E-state index in [-0.39, 0.29) is 24.5 Å². The zero-order valence-corrected chi connectivity index (χ0v) is 6.77. The van der Waals surface area contributed by atoms with Crippen LogP contribution >= 0.6 is 0 Å². The summed E-state index contributed by atoms with van der Waals surface area (Å²) in [5, 5.41) is 10.7. The summed E-state index contributed by atoms with van der Waals surface area (Å²) in [5.41, 5.74) is 10.6. The van der Waals surface area contributed by atoms with Crippen LogP contribution in [0.2, 0.25) is 0 Å². The molecular formula is C5H10N6O2. The summed E-state index contributed by atoms with van der Waals surface area (Å²) >= 11 is 0. The van der Waals surface area contributed by atoms with E-state index in [4.69, 9.17) is 16.7 Å². The summed E-state index contributed by atoms with van der Waals surface area (Å²) in [6.45, 7) is 0.463. The Labute approximate surface area is 73.9 Å². The highest BCUT2D eigenvalue weighted by atomic mass is 17.1. The molecule has 0 spiro atoms. The molecule has 1 aromatic heterocycles. The Kier molecular flexibility index (Phi) is 3.17. The minimum atomic E-state index is 0.0416. The third-order valence-electron chi connectivity index (χ3n) is 1.15. The predicted octanol–water partition coefficient (Wildman–Crippen LogP) is -1.06. The number of nitrogen functional groups attached to an aromatic ring is 2. The van der Waals surface area contributed by atoms with Gasteiger partial charge in [-0.2, -0.15) is 15.0 Å². The van der Waals surface area contributed by atoms with Gasteiger partial charge in [-0.25, -0.2) is 4.89 Å². The maximum Gasteiger partial charge on any atom is 0.229 e. The molecule has 0 saturated heterocycles. The van der Waals surface area contributed by atoms with Crippen LogP contribution in [-0.2, 0) is 4.89 Å². The van der Waals surface area contributed by atoms with Crippen LogP contribution < -0.4 is 16.8 Å². The number of nitrogens with one attached hydrogen (secondary N) is 1. The van der Waals surface area contributed by atoms with Crippen LogP contribution in [0, 0.1) is 0 Å². The van der Waals surface area contributed by atoms with E-state index in [1.807, 2.05) is 0 Å². The summed E-state index contributed by atoms with van der Waals surface area (Å²) in [7, 11) is 0. The van der Waals surface area contributed by atoms with Crippen LogP contribution in [0.15, 0.2) is 0 Å². The molecule has 72 valence electrons. The van der Waals surface area contributed by atoms with Gasteiger partial charge in [0.25, 0.3) is 0 Å². The van der Waals surface area contributed by atoms with Crippen molar-refractivity contribution in [3.05, 3.63) is 0 Å². The first kappa shape index (κ1) is 9.42. The number of nitrogens with two attached hydrogens (primary N) is 2. The zero-order chi connectivity index (χ0) is 9.68. The average Bonchev–Trinajstić information content (AvgIpc) is 2.03. The Morgan fingerprint density at radius 1 is 1.23 bits per heavy atom. The van der Waals surface area contributed by atoms with Gasteiger partial charge in [0.1, 0.15) is 0 Å². The molecule has 13 heavy (non-hydrogen) atoms. The van der Waals surface area contributed by atoms with E-state index >= 15 is 0 Å². The molecule has 0 saturated carbocycles. The van der Waals surface area contributed by atoms with E-state index in [2.05, 4.69) is 25.2 Å². The summed E-state index contributed by atoms with van der Waals surface area (Å²) in [5.74, 6) is 0.335. The highest BCUT2D eigenvalue weighted by molar-refractivity contribution is 5.36. The van der Waals surface area contributed by atoms with Crippen molar-refractivity contribution in [2.24, 2.45) is 0 Å². The standard InChI is InChI=1S/C5H10N6O2/c6-3-9-4(7)11-5(10-3)8-1-2-13-12/h12H,1-2H2,(H5,6,7,8,9,10,11). The molecule has 1 heterocycles. The van der Waals surface area contributed by atoms with E-state index in [1.165, 1.54) is 0 Å². The fourth-order valence-electron chi connectivity index (χ4n) is 0.697. The zero-order valence-electron chi connectivity index (χ0n) is 6.77. The topological polar surface area (TPSA) is 132 Å². The molecule has 1 rings (SSSR count). The first-order valence-electron chi connectivity index (χ1n) is 3.49. The fourth-order valence-corrected chi connectivity index (χ4v) is 0.697. The van der Waals surface area contributed by atoms with Crippen molar-refractivity contribution in [1.82, 2.24) is 15.0 Å². The number of anilines is 3. The fraction of sp³-hybridized carbons (Fsp3) is 0.400. The molecule has 0 bridgehead atoms. The van der Waals surface area contributed by atoms with E-state index < -0.39 is 0 Å². The molecule has 0 amide bonds. The second kappa shape index (κ2) is 4.38. The summed E-state index contributed by atoms with van der Waals surface area (Å²) in [6.07, 6.45) is 0. The minimum Gasteiger partial charge on any atom is -0.368 e. The Morgan fingerprint density at radius 3 is 2.38 bits per heavy atom. The van der Waals surface area contributed by atoms with Gasteiger partial charge in [0.15, 0.2) is 0 Å². The van der Waals surface area contributed by atoms with Gasteiger partial charge in [-0.15, -0.1) is 0 Å². The van der Waals surface area contributed by atoms with Gasteiger partial charge >= 0.3 is 0 Å². The lowest BCUT2D eigenvalue weighted by molar-refractivity contribution is -0.238. The molecule has 0 aliphatic rings. The van der Waals surface area contributed by atoms with Gasteiger partial charge in [0.05, 0.1) is 6.61 Å². The normalized spacial score (nSPS) is 9.92. The number of hydrogen-bond donors (Lipinski definition) is 4. The van der Waals surface area contributed by atoms with Crippen LogP contribution in [0.4, 0.5) is 17.8 Å². The van der Waals surface area contributed by atoms with Crippen LogP contribution in [0.1, 0.15) is 0 Å². The van der Waals surface area contributed by atoms with Crippen molar-refractivity contribution in [2.75, 3.05) is 29.9 Å². The van der Waals surface area contributed by atoms with Gasteiger partial charge in [-0.3, -0.25) is 5.26 Å². The van der Waals surface area contributed by atoms with Gasteiger partial charge < -0.3 is 16.8 Å². The van der Waals surface area contributed by atoms with Crippen molar-refractivity contribution >= 4 is 17.8 Å². The molecule has 0 unspecified atom stereocenters. The van der Waals surface area contributed by atoms with Crippen molar-refractivity contribution in [1.29, 1.82) is 0 Å². The second-order valence-electron chi connectivity index (χ2n) is 2.14. The van der Waals surface area contributed by atoms with Crippen LogP contribution in [0.3, 0.4) is 0 Å². The van der Waals surface area contributed by atoms with Crippen LogP contribution in [0.5, 0.6) is 0 Å². The Balaban J connectivity index is 2.56. The summed E-state index contributed by atoms with van der Waals surface area (Å²) < 4.78 is 0. The first-order valence-corrected chi connectivity index (χ1v) is 3.49. The molecule has 0 aliphatic heterocycles. The van der Waals surface area contributed by atoms with Crippen molar-refractivity contribution in [2.45, 2.75) is 0 Å². The lowest BCUT2D eigenvalue weighted by Gasteiger charge is -2.03. The average molecular weight is 186 g/mol. The quantitative estimate of drug-likeness (QED) is 0.265. The maximum absolute atomic E-state index is 8.01. The summed E-state index contributed by atoms with van der Waals surface area (Å²) in [6, 6.07) is 0. The van der Waals surface area contributed by atoms with Gasteiger partial charge in [0, 0.05) is 6.54 Å². The molecule has 0 fully saturated rings. The molecular weight excluding hydrogens is 176 g/mol. The van der Waals surface area contributed by atoms with E-state index in [0.717, 1.165) is 0 Å². The first-order chi connectivity index (χ1) is 6.22. The number of nitrogens with zero attached hydrogens (tertiary/aromatic N) is 3. The number of hydrogen-bond acceptors (Lipinski definition) is 8. The Bertz CT molecular complexity index is 259. The maximum atomic E-state index is 8.01. The van der Waals surface area contributed by atoms with Crippen molar-refractivity contribution in [3.63, 3.8) is 0 Å². The molecule has 0 aliphatic carbocycles. The molecule has 8 nitrogen and oxygen atoms in total. The minimum absolute atomic E-state index is 0.0416. The van der Waals surface area contributed by atoms with Gasteiger partial charge in [0.2, 0.25) is 17.8 Å². The molecule has 0 radical (unpaired) electrons. The Hall–Kier alpha value is -1.67. The Morgan fingerprint density at radius 2 is 1.85 bits per heavy atom. The van der Waals surface area contributed by atoms with Gasteiger partial charge in [-0.1, -0.05) is 0 Å². The summed E-state index contributed by atoms with van der Waals surface area (Å²) in [4.78, 5) is 14.9. The number of aromatic nitrogens is 3. The van der Waals surface area contributed by atoms with Crippen molar-refractivity contribution < 1.29 is 10.1 Å². The van der Waals surface area contributed by atoms with Crippen LogP contribution in [0.25, 0.3) is 0 Å². The third kappa shape index (κ3) is 3.05. The van der Waals surface area contributed by atoms with E-state index in [1.54, 1.807) is 0 Å².